The van der Waals surface area contributed by atoms with Crippen molar-refractivity contribution in [3.8, 4) is 11.4 Å². The van der Waals surface area contributed by atoms with Gasteiger partial charge >= 0.3 is 5.97 Å². The second-order valence-electron chi connectivity index (χ2n) is 8.21. The number of carbonyl (C=O) groups excluding carboxylic acids is 2. The fourth-order valence-corrected chi connectivity index (χ4v) is 5.98. The second kappa shape index (κ2) is 10.2. The van der Waals surface area contributed by atoms with Crippen molar-refractivity contribution in [2.24, 2.45) is 5.16 Å². The first-order valence-corrected chi connectivity index (χ1v) is 13.0. The zero-order chi connectivity index (χ0) is 27.0. The number of thioether (sulfide) groups is 1. The molecule has 38 heavy (non-hydrogen) atoms. The molecule has 0 spiro atoms. The lowest BCUT2D eigenvalue weighted by atomic mass is 10.0. The number of pyridine rings is 1. The van der Waals surface area contributed by atoms with Gasteiger partial charge in [-0.3, -0.25) is 14.5 Å². The van der Waals surface area contributed by atoms with Crippen LogP contribution in [0.2, 0.25) is 0 Å². The highest BCUT2D eigenvalue weighted by molar-refractivity contribution is 8.00. The first-order chi connectivity index (χ1) is 18.3. The maximum atomic E-state index is 13.1. The Morgan fingerprint density at radius 1 is 1.42 bits per heavy atom. The largest absolute Gasteiger partial charge is 0.477 e. The maximum absolute atomic E-state index is 13.1. The van der Waals surface area contributed by atoms with E-state index in [4.69, 9.17) is 15.1 Å². The van der Waals surface area contributed by atoms with Crippen LogP contribution in [0.4, 0.5) is 5.13 Å². The van der Waals surface area contributed by atoms with Crippen molar-refractivity contribution in [2.75, 3.05) is 18.6 Å². The summed E-state index contributed by atoms with van der Waals surface area (Å²) in [4.78, 5) is 52.4. The number of β-lactam (4-membered cyclic amide) rings is 1. The topological polar surface area (TPSA) is 190 Å². The Bertz CT molecular complexity index is 1500. The molecule has 5 rings (SSSR count). The van der Waals surface area contributed by atoms with Crippen molar-refractivity contribution in [1.82, 2.24) is 25.3 Å². The van der Waals surface area contributed by atoms with E-state index in [0.29, 0.717) is 28.6 Å². The average molecular weight is 558 g/mol. The third-order valence-corrected chi connectivity index (χ3v) is 7.73. The molecule has 5 heterocycles. The number of carboxylic acid groups (broad SMARTS) is 1. The van der Waals surface area contributed by atoms with Crippen molar-refractivity contribution in [3.05, 3.63) is 52.8 Å². The SMILES string of the molecule is CO/N=C(\C(=O)N[C@@H]1C(=O)N2C(C(=O)O)=C(C[n+]3cccc(-c4noc(C)n4)c3)CS[C@H]12)c1csc(N)n1. The summed E-state index contributed by atoms with van der Waals surface area (Å²) in [6.07, 6.45) is 3.55. The van der Waals surface area contributed by atoms with Crippen molar-refractivity contribution >= 4 is 51.7 Å². The zero-order valence-electron chi connectivity index (χ0n) is 20.0. The Morgan fingerprint density at radius 2 is 2.24 bits per heavy atom. The van der Waals surface area contributed by atoms with Crippen LogP contribution in [0.25, 0.3) is 11.4 Å². The fourth-order valence-electron chi connectivity index (χ4n) is 4.10. The number of carbonyl (C=O) groups is 3. The number of anilines is 1. The van der Waals surface area contributed by atoms with Crippen molar-refractivity contribution in [1.29, 1.82) is 0 Å². The van der Waals surface area contributed by atoms with Crippen LogP contribution in [0.1, 0.15) is 11.6 Å². The van der Waals surface area contributed by atoms with Gasteiger partial charge in [-0.05, 0) is 6.07 Å². The second-order valence-corrected chi connectivity index (χ2v) is 10.2. The van der Waals surface area contributed by atoms with Gasteiger partial charge in [0.2, 0.25) is 11.7 Å². The quantitative estimate of drug-likeness (QED) is 0.148. The number of nitrogens with one attached hydrogen (secondary N) is 1. The summed E-state index contributed by atoms with van der Waals surface area (Å²) in [6, 6.07) is 2.65. The van der Waals surface area contributed by atoms with Crippen molar-refractivity contribution in [2.45, 2.75) is 24.9 Å². The van der Waals surface area contributed by atoms with Crippen LogP contribution in [0.3, 0.4) is 0 Å². The summed E-state index contributed by atoms with van der Waals surface area (Å²) in [6.45, 7) is 1.91. The number of hydrogen-bond acceptors (Lipinski definition) is 12. The summed E-state index contributed by atoms with van der Waals surface area (Å²) in [5, 5.41) is 21.4. The Labute approximate surface area is 223 Å². The third kappa shape index (κ3) is 4.70. The fraction of sp³-hybridized carbons (Fsp3) is 0.273. The Morgan fingerprint density at radius 3 is 2.89 bits per heavy atom. The van der Waals surface area contributed by atoms with E-state index in [9.17, 15) is 19.5 Å². The van der Waals surface area contributed by atoms with Crippen LogP contribution in [-0.2, 0) is 25.8 Å². The molecule has 0 aromatic carbocycles. The molecule has 0 saturated carbocycles. The summed E-state index contributed by atoms with van der Waals surface area (Å²) in [7, 11) is 1.28. The number of aromatic nitrogens is 4. The van der Waals surface area contributed by atoms with Crippen LogP contribution in [0, 0.1) is 6.92 Å². The number of nitrogen functional groups attached to an aromatic ring is 1. The number of hydrogen-bond donors (Lipinski definition) is 3. The van der Waals surface area contributed by atoms with Gasteiger partial charge in [-0.1, -0.05) is 10.3 Å². The van der Waals surface area contributed by atoms with Crippen LogP contribution < -0.4 is 15.6 Å². The summed E-state index contributed by atoms with van der Waals surface area (Å²) in [5.41, 5.74) is 6.85. The standard InChI is InChI=1S/C22H20N8O6S2/c1-10-24-17(28-36-10)11-4-3-5-29(6-11)7-12-8-37-20-15(19(32)30(20)16(12)21(33)34)26-18(31)14(27-35-2)13-9-38-22(23)25-13/h3-6,9,15,20H,7-8H2,1-2H3,(H3-,23,25,26,31,33,34)/p+1/b27-14-/t15-,20-/m1/s1. The normalized spacial score (nSPS) is 19.2. The Balaban J connectivity index is 1.35. The van der Waals surface area contributed by atoms with Gasteiger partial charge in [0.25, 0.3) is 11.8 Å². The molecule has 2 aliphatic rings. The average Bonchev–Trinajstić information content (AvgIpc) is 3.53. The number of oxime groups is 1. The highest BCUT2D eigenvalue weighted by Gasteiger charge is 2.54. The molecule has 3 aromatic heterocycles. The molecule has 1 saturated heterocycles. The Hall–Kier alpha value is -4.31. The van der Waals surface area contributed by atoms with Crippen LogP contribution in [0.15, 0.2) is 50.9 Å². The van der Waals surface area contributed by atoms with Gasteiger partial charge in [-0.25, -0.2) is 14.3 Å². The first kappa shape index (κ1) is 25.3. The van der Waals surface area contributed by atoms with E-state index < -0.39 is 29.2 Å². The molecule has 196 valence electrons. The molecule has 2 aliphatic heterocycles. The number of nitrogens with zero attached hydrogens (tertiary/aromatic N) is 6. The van der Waals surface area contributed by atoms with Gasteiger partial charge in [0.15, 0.2) is 29.8 Å². The molecule has 0 aliphatic carbocycles. The number of aliphatic carboxylic acids is 1. The van der Waals surface area contributed by atoms with E-state index in [1.54, 1.807) is 35.3 Å². The van der Waals surface area contributed by atoms with Gasteiger partial charge in [0.05, 0.1) is 5.56 Å². The number of aryl methyl sites for hydroxylation is 1. The van der Waals surface area contributed by atoms with E-state index in [2.05, 4.69) is 25.6 Å². The number of nitrogens with two attached hydrogens (primary N) is 1. The van der Waals surface area contributed by atoms with Gasteiger partial charge in [0, 0.05) is 29.7 Å². The zero-order valence-corrected chi connectivity index (χ0v) is 21.7. The molecule has 0 radical (unpaired) electrons. The van der Waals surface area contributed by atoms with Crippen LogP contribution >= 0.6 is 23.1 Å². The van der Waals surface area contributed by atoms with Crippen molar-refractivity contribution < 1.29 is 33.4 Å². The molecule has 2 atom stereocenters. The molecule has 2 amide bonds. The minimum Gasteiger partial charge on any atom is -0.477 e. The minimum absolute atomic E-state index is 0.101. The van der Waals surface area contributed by atoms with E-state index >= 15 is 0 Å². The lowest BCUT2D eigenvalue weighted by Gasteiger charge is -2.49. The first-order valence-electron chi connectivity index (χ1n) is 11.1. The van der Waals surface area contributed by atoms with E-state index in [0.717, 1.165) is 11.3 Å². The van der Waals surface area contributed by atoms with E-state index in [1.165, 1.54) is 23.8 Å². The molecule has 14 nitrogen and oxygen atoms in total. The summed E-state index contributed by atoms with van der Waals surface area (Å²) >= 11 is 2.48. The molecular formula is C22H21N8O6S2+. The number of fused-ring (bicyclic) bond motifs is 1. The van der Waals surface area contributed by atoms with E-state index in [-0.39, 0.29) is 28.8 Å². The predicted molar refractivity (Wildman–Crippen MR) is 134 cm³/mol. The molecule has 0 bridgehead atoms. The highest BCUT2D eigenvalue weighted by Crippen LogP contribution is 2.40. The van der Waals surface area contributed by atoms with Gasteiger partial charge < -0.3 is 25.5 Å². The Kier molecular flexibility index (Phi) is 6.81. The van der Waals surface area contributed by atoms with Gasteiger partial charge in [-0.15, -0.1) is 23.1 Å². The summed E-state index contributed by atoms with van der Waals surface area (Å²) < 4.78 is 6.83. The molecule has 3 aromatic rings. The summed E-state index contributed by atoms with van der Waals surface area (Å²) in [5.74, 6) is -1.28. The molecule has 16 heteroatoms. The van der Waals surface area contributed by atoms with Gasteiger partial charge in [-0.2, -0.15) is 4.98 Å². The molecule has 1 fully saturated rings. The van der Waals surface area contributed by atoms with Crippen LogP contribution in [0.5, 0.6) is 0 Å². The van der Waals surface area contributed by atoms with Crippen molar-refractivity contribution in [3.63, 3.8) is 0 Å². The smallest absolute Gasteiger partial charge is 0.352 e. The molecular weight excluding hydrogens is 536 g/mol. The molecule has 4 N–H and O–H groups in total. The maximum Gasteiger partial charge on any atom is 0.352 e. The third-order valence-electron chi connectivity index (χ3n) is 5.72. The van der Waals surface area contributed by atoms with Gasteiger partial charge in [0.1, 0.15) is 29.9 Å². The highest BCUT2D eigenvalue weighted by atomic mass is 32.2. The lowest BCUT2D eigenvalue weighted by molar-refractivity contribution is -0.688. The number of rotatable bonds is 8. The van der Waals surface area contributed by atoms with E-state index in [1.807, 2.05) is 6.07 Å². The lowest BCUT2D eigenvalue weighted by Crippen LogP contribution is -2.71. The molecule has 0 unspecified atom stereocenters. The predicted octanol–water partition coefficient (Wildman–Crippen LogP) is 0.161. The van der Waals surface area contributed by atoms with Crippen LogP contribution in [-0.4, -0.2) is 72.9 Å². The number of thiazole rings is 1. The monoisotopic (exact) mass is 557 g/mol. The number of amides is 2. The number of carboxylic acids is 1. The minimum atomic E-state index is -1.23.